The Balaban J connectivity index is 2.68. The maximum atomic E-state index is 12.1. The van der Waals surface area contributed by atoms with Crippen molar-refractivity contribution in [1.82, 2.24) is 5.32 Å². The standard InChI is InChI=1S/C16H25NO/c1-5-17-13(4)10-16(18)15-8-6-7-14(11-15)9-12(2)3/h6-8,11-13,17H,5,9-10H2,1-4H3. The van der Waals surface area contributed by atoms with Gasteiger partial charge in [0.2, 0.25) is 0 Å². The molecule has 0 radical (unpaired) electrons. The van der Waals surface area contributed by atoms with E-state index in [4.69, 9.17) is 0 Å². The molecule has 1 aromatic carbocycles. The number of benzene rings is 1. The summed E-state index contributed by atoms with van der Waals surface area (Å²) in [6.07, 6.45) is 1.60. The zero-order valence-corrected chi connectivity index (χ0v) is 12.0. The Hall–Kier alpha value is -1.15. The Morgan fingerprint density at radius 3 is 2.61 bits per heavy atom. The molecule has 1 rings (SSSR count). The van der Waals surface area contributed by atoms with Crippen LogP contribution in [0.15, 0.2) is 24.3 Å². The van der Waals surface area contributed by atoms with Gasteiger partial charge < -0.3 is 5.32 Å². The molecule has 0 bridgehead atoms. The number of hydrogen-bond acceptors (Lipinski definition) is 2. The fraction of sp³-hybridized carbons (Fsp3) is 0.562. The molecule has 1 unspecified atom stereocenters. The van der Waals surface area contributed by atoms with Gasteiger partial charge in [0.15, 0.2) is 5.78 Å². The number of ketones is 1. The molecule has 0 heterocycles. The third-order valence-corrected chi connectivity index (χ3v) is 2.94. The lowest BCUT2D eigenvalue weighted by molar-refractivity contribution is 0.0971. The smallest absolute Gasteiger partial charge is 0.164 e. The average molecular weight is 247 g/mol. The van der Waals surface area contributed by atoms with Crippen molar-refractivity contribution in [2.45, 2.75) is 46.6 Å². The van der Waals surface area contributed by atoms with E-state index in [-0.39, 0.29) is 11.8 Å². The van der Waals surface area contributed by atoms with Crippen LogP contribution in [-0.4, -0.2) is 18.4 Å². The second-order valence-corrected chi connectivity index (χ2v) is 5.38. The van der Waals surface area contributed by atoms with E-state index in [0.717, 1.165) is 18.5 Å². The Bertz CT molecular complexity index is 384. The molecule has 1 aromatic rings. The number of nitrogens with one attached hydrogen (secondary N) is 1. The van der Waals surface area contributed by atoms with E-state index in [1.165, 1.54) is 5.56 Å². The van der Waals surface area contributed by atoms with Crippen molar-refractivity contribution >= 4 is 5.78 Å². The maximum Gasteiger partial charge on any atom is 0.164 e. The van der Waals surface area contributed by atoms with E-state index in [0.29, 0.717) is 12.3 Å². The highest BCUT2D eigenvalue weighted by Crippen LogP contribution is 2.12. The van der Waals surface area contributed by atoms with E-state index in [2.05, 4.69) is 39.1 Å². The van der Waals surface area contributed by atoms with E-state index in [1.54, 1.807) is 0 Å². The zero-order valence-electron chi connectivity index (χ0n) is 12.0. The summed E-state index contributed by atoms with van der Waals surface area (Å²) in [7, 11) is 0. The van der Waals surface area contributed by atoms with Crippen molar-refractivity contribution in [2.24, 2.45) is 5.92 Å². The molecule has 0 spiro atoms. The first kappa shape index (κ1) is 14.9. The van der Waals surface area contributed by atoms with Crippen molar-refractivity contribution in [3.8, 4) is 0 Å². The highest BCUT2D eigenvalue weighted by molar-refractivity contribution is 5.96. The molecule has 0 aliphatic rings. The van der Waals surface area contributed by atoms with E-state index >= 15 is 0 Å². The summed E-state index contributed by atoms with van der Waals surface area (Å²) in [4.78, 5) is 12.1. The summed E-state index contributed by atoms with van der Waals surface area (Å²) >= 11 is 0. The Kier molecular flexibility index (Phi) is 6.06. The van der Waals surface area contributed by atoms with Gasteiger partial charge >= 0.3 is 0 Å². The number of carbonyl (C=O) groups excluding carboxylic acids is 1. The second kappa shape index (κ2) is 7.32. The summed E-state index contributed by atoms with van der Waals surface area (Å²) in [5, 5.41) is 3.27. The quantitative estimate of drug-likeness (QED) is 0.748. The minimum absolute atomic E-state index is 0.231. The number of hydrogen-bond donors (Lipinski definition) is 1. The van der Waals surface area contributed by atoms with Crippen molar-refractivity contribution in [3.05, 3.63) is 35.4 Å². The fourth-order valence-corrected chi connectivity index (χ4v) is 2.16. The lowest BCUT2D eigenvalue weighted by Gasteiger charge is -2.12. The average Bonchev–Trinajstić information content (AvgIpc) is 2.28. The predicted molar refractivity (Wildman–Crippen MR) is 77.1 cm³/mol. The molecule has 1 N–H and O–H groups in total. The fourth-order valence-electron chi connectivity index (χ4n) is 2.16. The normalized spacial score (nSPS) is 12.7. The molecule has 100 valence electrons. The van der Waals surface area contributed by atoms with Gasteiger partial charge in [-0.2, -0.15) is 0 Å². The Labute approximate surface area is 111 Å². The van der Waals surface area contributed by atoms with Crippen molar-refractivity contribution in [3.63, 3.8) is 0 Å². The van der Waals surface area contributed by atoms with E-state index < -0.39 is 0 Å². The third kappa shape index (κ3) is 5.01. The molecular weight excluding hydrogens is 222 g/mol. The predicted octanol–water partition coefficient (Wildman–Crippen LogP) is 3.46. The molecule has 0 saturated heterocycles. The minimum atomic E-state index is 0.231. The molecule has 1 atom stereocenters. The van der Waals surface area contributed by atoms with Crippen LogP contribution in [0.4, 0.5) is 0 Å². The summed E-state index contributed by atoms with van der Waals surface area (Å²) in [6.45, 7) is 9.41. The number of rotatable bonds is 7. The van der Waals surface area contributed by atoms with Gasteiger partial charge in [0.25, 0.3) is 0 Å². The molecular formula is C16H25NO. The zero-order chi connectivity index (χ0) is 13.5. The van der Waals surface area contributed by atoms with Crippen LogP contribution in [0.1, 0.15) is 50.0 Å². The second-order valence-electron chi connectivity index (χ2n) is 5.38. The number of Topliss-reactive ketones (excluding diaryl/α,β-unsaturated/α-hetero) is 1. The minimum Gasteiger partial charge on any atom is -0.314 e. The topological polar surface area (TPSA) is 29.1 Å². The highest BCUT2D eigenvalue weighted by Gasteiger charge is 2.11. The Morgan fingerprint density at radius 1 is 1.28 bits per heavy atom. The van der Waals surface area contributed by atoms with Gasteiger partial charge in [0.1, 0.15) is 0 Å². The van der Waals surface area contributed by atoms with Crippen LogP contribution in [0.5, 0.6) is 0 Å². The largest absolute Gasteiger partial charge is 0.314 e. The van der Waals surface area contributed by atoms with Gasteiger partial charge in [-0.25, -0.2) is 0 Å². The Morgan fingerprint density at radius 2 is 2.00 bits per heavy atom. The van der Waals surface area contributed by atoms with Crippen molar-refractivity contribution < 1.29 is 4.79 Å². The monoisotopic (exact) mass is 247 g/mol. The van der Waals surface area contributed by atoms with Crippen molar-refractivity contribution in [2.75, 3.05) is 6.54 Å². The highest BCUT2D eigenvalue weighted by atomic mass is 16.1. The van der Waals surface area contributed by atoms with Crippen LogP contribution >= 0.6 is 0 Å². The third-order valence-electron chi connectivity index (χ3n) is 2.94. The van der Waals surface area contributed by atoms with E-state index in [1.807, 2.05) is 18.2 Å². The first-order valence-corrected chi connectivity index (χ1v) is 6.88. The molecule has 2 nitrogen and oxygen atoms in total. The summed E-state index contributed by atoms with van der Waals surface area (Å²) < 4.78 is 0. The van der Waals surface area contributed by atoms with Gasteiger partial charge in [-0.3, -0.25) is 4.79 Å². The first-order chi connectivity index (χ1) is 8.52. The van der Waals surface area contributed by atoms with Crippen LogP contribution < -0.4 is 5.32 Å². The molecule has 18 heavy (non-hydrogen) atoms. The molecule has 0 aromatic heterocycles. The summed E-state index contributed by atoms with van der Waals surface area (Å²) in [5.41, 5.74) is 2.10. The number of carbonyl (C=O) groups is 1. The van der Waals surface area contributed by atoms with Gasteiger partial charge in [-0.05, 0) is 37.4 Å². The molecule has 0 aliphatic carbocycles. The first-order valence-electron chi connectivity index (χ1n) is 6.88. The van der Waals surface area contributed by atoms with Crippen LogP contribution in [0.25, 0.3) is 0 Å². The maximum absolute atomic E-state index is 12.1. The molecule has 0 fully saturated rings. The SMILES string of the molecule is CCNC(C)CC(=O)c1cccc(CC(C)C)c1. The van der Waals surface area contributed by atoms with Crippen LogP contribution in [0.2, 0.25) is 0 Å². The lowest BCUT2D eigenvalue weighted by Crippen LogP contribution is -2.28. The molecule has 0 aliphatic heterocycles. The summed E-state index contributed by atoms with van der Waals surface area (Å²) in [6, 6.07) is 8.30. The van der Waals surface area contributed by atoms with E-state index in [9.17, 15) is 4.79 Å². The van der Waals surface area contributed by atoms with Crippen LogP contribution in [0.3, 0.4) is 0 Å². The van der Waals surface area contributed by atoms with Crippen molar-refractivity contribution in [1.29, 1.82) is 0 Å². The van der Waals surface area contributed by atoms with Gasteiger partial charge in [0.05, 0.1) is 0 Å². The molecule has 0 amide bonds. The van der Waals surface area contributed by atoms with Gasteiger partial charge in [0, 0.05) is 18.0 Å². The molecule has 0 saturated carbocycles. The van der Waals surface area contributed by atoms with Crippen LogP contribution in [0, 0.1) is 5.92 Å². The van der Waals surface area contributed by atoms with Gasteiger partial charge in [-0.1, -0.05) is 39.0 Å². The lowest BCUT2D eigenvalue weighted by atomic mass is 9.98. The van der Waals surface area contributed by atoms with Crippen LogP contribution in [-0.2, 0) is 6.42 Å². The summed E-state index contributed by atoms with van der Waals surface area (Å²) in [5.74, 6) is 0.852. The molecule has 2 heteroatoms. The van der Waals surface area contributed by atoms with Gasteiger partial charge in [-0.15, -0.1) is 0 Å².